The number of hydrogen-bond acceptors (Lipinski definition) is 3. The van der Waals surface area contributed by atoms with Crippen LogP contribution >= 0.6 is 11.8 Å². The topological polar surface area (TPSA) is 66.4 Å². The van der Waals surface area contributed by atoms with Crippen molar-refractivity contribution in [2.75, 3.05) is 12.3 Å². The highest BCUT2D eigenvalue weighted by Gasteiger charge is 2.00. The molecule has 0 aliphatic carbocycles. The van der Waals surface area contributed by atoms with Crippen LogP contribution in [0.1, 0.15) is 11.1 Å². The zero-order valence-corrected chi connectivity index (χ0v) is 11.6. The molecule has 0 atom stereocenters. The fraction of sp³-hybridized carbons (Fsp3) is 0.286. The lowest BCUT2D eigenvalue weighted by Gasteiger charge is -2.03. The Morgan fingerprint density at radius 3 is 2.89 bits per heavy atom. The molecule has 0 radical (unpaired) electrons. The van der Waals surface area contributed by atoms with Gasteiger partial charge in [0.15, 0.2) is 0 Å². The number of carbonyl (C=O) groups is 2. The van der Waals surface area contributed by atoms with Crippen LogP contribution in [0.4, 0.5) is 0 Å². The van der Waals surface area contributed by atoms with Crippen LogP contribution in [0.5, 0.6) is 0 Å². The summed E-state index contributed by atoms with van der Waals surface area (Å²) >= 11 is 1.54. The number of hydrogen-bond donors (Lipinski definition) is 2. The summed E-state index contributed by atoms with van der Waals surface area (Å²) in [6.07, 6.45) is 2.42. The number of aryl methyl sites for hydroxylation is 1. The molecule has 2 N–H and O–H groups in total. The van der Waals surface area contributed by atoms with Gasteiger partial charge < -0.3 is 10.4 Å². The van der Waals surface area contributed by atoms with Gasteiger partial charge in [-0.15, -0.1) is 11.8 Å². The van der Waals surface area contributed by atoms with E-state index in [4.69, 9.17) is 5.11 Å². The number of carboxylic acid groups (broad SMARTS) is 1. The molecule has 4 nitrogen and oxygen atoms in total. The van der Waals surface area contributed by atoms with E-state index < -0.39 is 5.97 Å². The standard InChI is InChI=1S/C14H17NO3S/c1-11-4-2-5-12(8-11)9-19-10-13(16)15-7-3-6-14(17)18/h2-6,8H,7,9-10H2,1H3,(H,15,16)(H,17,18)/b6-3+. The number of carbonyl (C=O) groups excluding carboxylic acids is 1. The van der Waals surface area contributed by atoms with Crippen LogP contribution in [0.15, 0.2) is 36.4 Å². The highest BCUT2D eigenvalue weighted by atomic mass is 32.2. The molecule has 0 spiro atoms. The maximum absolute atomic E-state index is 11.4. The molecule has 102 valence electrons. The van der Waals surface area contributed by atoms with Crippen LogP contribution in [0, 0.1) is 6.92 Å². The Balaban J connectivity index is 2.18. The van der Waals surface area contributed by atoms with Crippen LogP contribution in [0.25, 0.3) is 0 Å². The Morgan fingerprint density at radius 1 is 1.42 bits per heavy atom. The van der Waals surface area contributed by atoms with E-state index in [1.165, 1.54) is 29.0 Å². The second-order valence-corrected chi connectivity index (χ2v) is 5.01. The van der Waals surface area contributed by atoms with E-state index in [-0.39, 0.29) is 12.5 Å². The van der Waals surface area contributed by atoms with E-state index in [1.54, 1.807) is 0 Å². The maximum Gasteiger partial charge on any atom is 0.328 e. The van der Waals surface area contributed by atoms with E-state index in [1.807, 2.05) is 25.1 Å². The predicted octanol–water partition coefficient (Wildman–Crippen LogP) is 1.99. The fourth-order valence-electron chi connectivity index (χ4n) is 1.45. The summed E-state index contributed by atoms with van der Waals surface area (Å²) < 4.78 is 0. The highest BCUT2D eigenvalue weighted by molar-refractivity contribution is 7.99. The molecule has 0 aromatic heterocycles. The lowest BCUT2D eigenvalue weighted by Crippen LogP contribution is -2.25. The average Bonchev–Trinajstić information content (AvgIpc) is 2.34. The molecular formula is C14H17NO3S. The van der Waals surface area contributed by atoms with Crippen molar-refractivity contribution in [1.29, 1.82) is 0 Å². The van der Waals surface area contributed by atoms with Crippen molar-refractivity contribution < 1.29 is 14.7 Å². The minimum absolute atomic E-state index is 0.0901. The first-order valence-electron chi connectivity index (χ1n) is 5.87. The van der Waals surface area contributed by atoms with E-state index >= 15 is 0 Å². The highest BCUT2D eigenvalue weighted by Crippen LogP contribution is 2.12. The predicted molar refractivity (Wildman–Crippen MR) is 77.1 cm³/mol. The van der Waals surface area contributed by atoms with Gasteiger partial charge in [-0.2, -0.15) is 0 Å². The fourth-order valence-corrected chi connectivity index (χ4v) is 2.25. The Bertz CT molecular complexity index is 472. The van der Waals surface area contributed by atoms with Gasteiger partial charge in [0.25, 0.3) is 0 Å². The Kier molecular flexibility index (Phi) is 6.74. The van der Waals surface area contributed by atoms with Crippen LogP contribution in [-0.2, 0) is 15.3 Å². The van der Waals surface area contributed by atoms with Crippen molar-refractivity contribution in [1.82, 2.24) is 5.32 Å². The molecule has 0 aliphatic rings. The number of amides is 1. The summed E-state index contributed by atoms with van der Waals surface area (Å²) in [4.78, 5) is 21.6. The first-order chi connectivity index (χ1) is 9.08. The van der Waals surface area contributed by atoms with Gasteiger partial charge in [0.05, 0.1) is 5.75 Å². The quantitative estimate of drug-likeness (QED) is 0.749. The lowest BCUT2D eigenvalue weighted by atomic mass is 10.2. The SMILES string of the molecule is Cc1cccc(CSCC(=O)NC/C=C/C(=O)O)c1. The van der Waals surface area contributed by atoms with Crippen molar-refractivity contribution in [2.45, 2.75) is 12.7 Å². The van der Waals surface area contributed by atoms with E-state index in [2.05, 4.69) is 11.4 Å². The van der Waals surface area contributed by atoms with Gasteiger partial charge in [0.1, 0.15) is 0 Å². The van der Waals surface area contributed by atoms with Gasteiger partial charge in [0, 0.05) is 18.4 Å². The van der Waals surface area contributed by atoms with Crippen molar-refractivity contribution in [3.05, 3.63) is 47.5 Å². The Morgan fingerprint density at radius 2 is 2.21 bits per heavy atom. The number of benzene rings is 1. The molecule has 1 rings (SSSR count). The second-order valence-electron chi connectivity index (χ2n) is 4.03. The van der Waals surface area contributed by atoms with Crippen LogP contribution in [-0.4, -0.2) is 29.3 Å². The first kappa shape index (κ1) is 15.3. The molecule has 0 bridgehead atoms. The molecule has 0 saturated carbocycles. The third kappa shape index (κ3) is 7.31. The molecule has 0 unspecified atom stereocenters. The molecule has 1 aromatic rings. The van der Waals surface area contributed by atoms with Crippen molar-refractivity contribution in [3.63, 3.8) is 0 Å². The normalized spacial score (nSPS) is 10.6. The summed E-state index contributed by atoms with van der Waals surface area (Å²) in [5, 5.41) is 11.0. The Labute approximate surface area is 116 Å². The van der Waals surface area contributed by atoms with E-state index in [0.717, 1.165) is 11.8 Å². The summed E-state index contributed by atoms with van der Waals surface area (Å²) in [5.74, 6) is 0.0605. The molecule has 0 fully saturated rings. The van der Waals surface area contributed by atoms with Crippen LogP contribution in [0.3, 0.4) is 0 Å². The smallest absolute Gasteiger partial charge is 0.328 e. The number of carboxylic acids is 1. The van der Waals surface area contributed by atoms with Gasteiger partial charge in [-0.1, -0.05) is 35.9 Å². The van der Waals surface area contributed by atoms with Gasteiger partial charge in [0.2, 0.25) is 5.91 Å². The van der Waals surface area contributed by atoms with Crippen molar-refractivity contribution >= 4 is 23.6 Å². The summed E-state index contributed by atoms with van der Waals surface area (Å²) in [6, 6.07) is 8.17. The van der Waals surface area contributed by atoms with E-state index in [9.17, 15) is 9.59 Å². The van der Waals surface area contributed by atoms with E-state index in [0.29, 0.717) is 5.75 Å². The minimum Gasteiger partial charge on any atom is -0.478 e. The number of rotatable bonds is 7. The van der Waals surface area contributed by atoms with Crippen LogP contribution in [0.2, 0.25) is 0 Å². The van der Waals surface area contributed by atoms with Gasteiger partial charge in [-0.05, 0) is 12.5 Å². The van der Waals surface area contributed by atoms with Gasteiger partial charge >= 0.3 is 5.97 Å². The second kappa shape index (κ2) is 8.37. The summed E-state index contributed by atoms with van der Waals surface area (Å²) in [5.41, 5.74) is 2.41. The summed E-state index contributed by atoms with van der Waals surface area (Å²) in [6.45, 7) is 2.28. The molecular weight excluding hydrogens is 262 g/mol. The van der Waals surface area contributed by atoms with Gasteiger partial charge in [-0.3, -0.25) is 4.79 Å². The molecule has 5 heteroatoms. The van der Waals surface area contributed by atoms with Crippen LogP contribution < -0.4 is 5.32 Å². The molecule has 1 amide bonds. The monoisotopic (exact) mass is 279 g/mol. The summed E-state index contributed by atoms with van der Waals surface area (Å²) in [7, 11) is 0. The zero-order chi connectivity index (χ0) is 14.1. The average molecular weight is 279 g/mol. The third-order valence-corrected chi connectivity index (χ3v) is 3.27. The Hall–Kier alpha value is -1.75. The largest absolute Gasteiger partial charge is 0.478 e. The molecule has 0 saturated heterocycles. The maximum atomic E-state index is 11.4. The third-order valence-electron chi connectivity index (χ3n) is 2.26. The number of aliphatic carboxylic acids is 1. The molecule has 0 heterocycles. The minimum atomic E-state index is -1.01. The molecule has 19 heavy (non-hydrogen) atoms. The zero-order valence-electron chi connectivity index (χ0n) is 10.8. The number of nitrogens with one attached hydrogen (secondary N) is 1. The van der Waals surface area contributed by atoms with Crippen molar-refractivity contribution in [2.24, 2.45) is 0 Å². The first-order valence-corrected chi connectivity index (χ1v) is 7.03. The van der Waals surface area contributed by atoms with Gasteiger partial charge in [-0.25, -0.2) is 4.79 Å². The number of thioether (sulfide) groups is 1. The van der Waals surface area contributed by atoms with Crippen molar-refractivity contribution in [3.8, 4) is 0 Å². The molecule has 0 aliphatic heterocycles. The molecule has 1 aromatic carbocycles. The lowest BCUT2D eigenvalue weighted by molar-refractivity contribution is -0.131.